The van der Waals surface area contributed by atoms with Gasteiger partial charge in [0.15, 0.2) is 0 Å². The van der Waals surface area contributed by atoms with Crippen LogP contribution in [-0.2, 0) is 10.0 Å². The Labute approximate surface area is 116 Å². The van der Waals surface area contributed by atoms with E-state index in [1.807, 2.05) is 13.8 Å². The van der Waals surface area contributed by atoms with Crippen molar-refractivity contribution >= 4 is 10.0 Å². The van der Waals surface area contributed by atoms with Crippen molar-refractivity contribution in [3.63, 3.8) is 0 Å². The van der Waals surface area contributed by atoms with Crippen molar-refractivity contribution < 1.29 is 8.42 Å². The lowest BCUT2D eigenvalue weighted by Gasteiger charge is -2.40. The van der Waals surface area contributed by atoms with E-state index in [4.69, 9.17) is 5.26 Å². The molecule has 19 heavy (non-hydrogen) atoms. The van der Waals surface area contributed by atoms with Gasteiger partial charge in [-0.15, -0.1) is 0 Å². The first-order chi connectivity index (χ1) is 8.88. The molecule has 0 spiro atoms. The van der Waals surface area contributed by atoms with E-state index in [1.54, 1.807) is 4.31 Å². The second-order valence-corrected chi connectivity index (χ2v) is 8.22. The monoisotopic (exact) mass is 285 g/mol. The molecular weight excluding hydrogens is 262 g/mol. The lowest BCUT2D eigenvalue weighted by molar-refractivity contribution is 0.115. The first kappa shape index (κ1) is 14.8. The number of sulfonamides is 1. The summed E-state index contributed by atoms with van der Waals surface area (Å²) >= 11 is 0. The van der Waals surface area contributed by atoms with Gasteiger partial charge in [-0.1, -0.05) is 12.8 Å². The molecule has 0 unspecified atom stereocenters. The Hall–Kier alpha value is -0.640. The second kappa shape index (κ2) is 5.39. The molecule has 2 aliphatic rings. The first-order valence-corrected chi connectivity index (χ1v) is 8.53. The Balaban J connectivity index is 1.98. The lowest BCUT2D eigenvalue weighted by Crippen LogP contribution is -2.56. The van der Waals surface area contributed by atoms with Crippen molar-refractivity contribution in [3.05, 3.63) is 0 Å². The molecule has 0 N–H and O–H groups in total. The van der Waals surface area contributed by atoms with Gasteiger partial charge in [0.25, 0.3) is 0 Å². The molecule has 6 heteroatoms. The molecule has 5 nitrogen and oxygen atoms in total. The Morgan fingerprint density at radius 3 is 2.11 bits per heavy atom. The van der Waals surface area contributed by atoms with Crippen LogP contribution in [0.3, 0.4) is 0 Å². The van der Waals surface area contributed by atoms with Crippen molar-refractivity contribution in [1.82, 2.24) is 9.21 Å². The largest absolute Gasteiger partial charge is 0.283 e. The zero-order valence-electron chi connectivity index (χ0n) is 11.8. The lowest BCUT2D eigenvalue weighted by atomic mass is 10.0. The van der Waals surface area contributed by atoms with Gasteiger partial charge in [-0.2, -0.15) is 9.57 Å². The summed E-state index contributed by atoms with van der Waals surface area (Å²) in [5, 5.41) is 8.96. The fourth-order valence-electron chi connectivity index (χ4n) is 2.97. The highest BCUT2D eigenvalue weighted by atomic mass is 32.2. The van der Waals surface area contributed by atoms with Crippen molar-refractivity contribution in [2.75, 3.05) is 26.2 Å². The van der Waals surface area contributed by atoms with Crippen LogP contribution in [0.5, 0.6) is 0 Å². The molecule has 0 amide bonds. The van der Waals surface area contributed by atoms with Crippen LogP contribution in [0.1, 0.15) is 39.5 Å². The molecule has 0 aromatic rings. The zero-order valence-corrected chi connectivity index (χ0v) is 12.6. The summed E-state index contributed by atoms with van der Waals surface area (Å²) in [5.74, 6) is 0. The molecule has 0 radical (unpaired) electrons. The normalized spacial score (nSPS) is 24.5. The molecule has 1 aliphatic heterocycles. The van der Waals surface area contributed by atoms with E-state index in [1.165, 1.54) is 0 Å². The number of hydrogen-bond donors (Lipinski definition) is 0. The van der Waals surface area contributed by atoms with Gasteiger partial charge in [-0.05, 0) is 26.7 Å². The number of rotatable bonds is 3. The summed E-state index contributed by atoms with van der Waals surface area (Å²) in [6.07, 6.45) is 3.69. The van der Waals surface area contributed by atoms with Gasteiger partial charge in [0.05, 0.1) is 11.3 Å². The summed E-state index contributed by atoms with van der Waals surface area (Å²) in [4.78, 5) is 2.06. The zero-order chi connectivity index (χ0) is 14.1. The Kier molecular flexibility index (Phi) is 4.19. The van der Waals surface area contributed by atoms with Crippen LogP contribution in [0.2, 0.25) is 0 Å². The van der Waals surface area contributed by atoms with E-state index >= 15 is 0 Å². The first-order valence-electron chi connectivity index (χ1n) is 7.03. The molecule has 0 bridgehead atoms. The topological polar surface area (TPSA) is 64.4 Å². The predicted octanol–water partition coefficient (Wildman–Crippen LogP) is 1.18. The highest BCUT2D eigenvalue weighted by molar-refractivity contribution is 7.89. The SMILES string of the molecule is CC(C)(C#N)N1CCN(S(=O)(=O)C2CCCC2)CC1. The van der Waals surface area contributed by atoms with Gasteiger partial charge < -0.3 is 0 Å². The number of piperazine rings is 1. The molecular formula is C13H23N3O2S. The Morgan fingerprint density at radius 1 is 1.11 bits per heavy atom. The van der Waals surface area contributed by atoms with E-state index in [-0.39, 0.29) is 5.25 Å². The van der Waals surface area contributed by atoms with Crippen molar-refractivity contribution in [3.8, 4) is 6.07 Å². The standard InChI is InChI=1S/C13H23N3O2S/c1-13(2,11-14)15-7-9-16(10-8-15)19(17,18)12-5-3-4-6-12/h12H,3-10H2,1-2H3. The van der Waals surface area contributed by atoms with Gasteiger partial charge in [0.2, 0.25) is 10.0 Å². The minimum Gasteiger partial charge on any atom is -0.283 e. The van der Waals surface area contributed by atoms with Gasteiger partial charge in [0.1, 0.15) is 5.54 Å². The van der Waals surface area contributed by atoms with Crippen LogP contribution in [0.15, 0.2) is 0 Å². The van der Waals surface area contributed by atoms with Crippen LogP contribution in [0.25, 0.3) is 0 Å². The van der Waals surface area contributed by atoms with Gasteiger partial charge in [-0.25, -0.2) is 8.42 Å². The molecule has 0 aromatic carbocycles. The molecule has 1 saturated carbocycles. The highest BCUT2D eigenvalue weighted by Gasteiger charge is 2.38. The maximum atomic E-state index is 12.5. The summed E-state index contributed by atoms with van der Waals surface area (Å²) in [6, 6.07) is 2.28. The molecule has 1 saturated heterocycles. The predicted molar refractivity (Wildman–Crippen MR) is 74.0 cm³/mol. The van der Waals surface area contributed by atoms with E-state index in [0.717, 1.165) is 25.7 Å². The van der Waals surface area contributed by atoms with Crippen LogP contribution in [-0.4, -0.2) is 54.6 Å². The van der Waals surface area contributed by atoms with Crippen LogP contribution in [0, 0.1) is 11.3 Å². The van der Waals surface area contributed by atoms with Gasteiger partial charge in [-0.3, -0.25) is 4.90 Å². The third-order valence-corrected chi connectivity index (χ3v) is 6.78. The third kappa shape index (κ3) is 2.93. The van der Waals surface area contributed by atoms with E-state index in [9.17, 15) is 8.42 Å². The van der Waals surface area contributed by atoms with E-state index < -0.39 is 15.6 Å². The van der Waals surface area contributed by atoms with Crippen molar-refractivity contribution in [2.45, 2.75) is 50.3 Å². The van der Waals surface area contributed by atoms with Crippen LogP contribution < -0.4 is 0 Å². The summed E-state index contributed by atoms with van der Waals surface area (Å²) < 4.78 is 26.5. The van der Waals surface area contributed by atoms with E-state index in [2.05, 4.69) is 11.0 Å². The van der Waals surface area contributed by atoms with Crippen molar-refractivity contribution in [2.24, 2.45) is 0 Å². The van der Waals surface area contributed by atoms with Gasteiger partial charge in [0, 0.05) is 26.2 Å². The fraction of sp³-hybridized carbons (Fsp3) is 0.923. The van der Waals surface area contributed by atoms with Gasteiger partial charge >= 0.3 is 0 Å². The molecule has 0 aromatic heterocycles. The third-order valence-electron chi connectivity index (χ3n) is 4.39. The Morgan fingerprint density at radius 2 is 1.63 bits per heavy atom. The van der Waals surface area contributed by atoms with Crippen molar-refractivity contribution in [1.29, 1.82) is 5.26 Å². The molecule has 1 aliphatic carbocycles. The minimum atomic E-state index is -3.11. The number of hydrogen-bond acceptors (Lipinski definition) is 4. The molecule has 0 atom stereocenters. The van der Waals surface area contributed by atoms with Crippen LogP contribution in [0.4, 0.5) is 0 Å². The summed E-state index contributed by atoms with van der Waals surface area (Å²) in [5.41, 5.74) is -0.511. The highest BCUT2D eigenvalue weighted by Crippen LogP contribution is 2.28. The minimum absolute atomic E-state index is 0.164. The maximum Gasteiger partial charge on any atom is 0.217 e. The van der Waals surface area contributed by atoms with Crippen LogP contribution >= 0.6 is 0 Å². The smallest absolute Gasteiger partial charge is 0.217 e. The number of nitrogens with zero attached hydrogens (tertiary/aromatic N) is 3. The quantitative estimate of drug-likeness (QED) is 0.781. The summed E-state index contributed by atoms with van der Waals surface area (Å²) in [7, 11) is -3.11. The van der Waals surface area contributed by atoms with E-state index in [0.29, 0.717) is 26.2 Å². The summed E-state index contributed by atoms with van der Waals surface area (Å²) in [6.45, 7) is 6.09. The number of nitriles is 1. The average Bonchev–Trinajstić information content (AvgIpc) is 2.93. The molecule has 2 fully saturated rings. The second-order valence-electron chi connectivity index (χ2n) is 6.01. The molecule has 1 heterocycles. The fourth-order valence-corrected chi connectivity index (χ4v) is 4.99. The molecule has 108 valence electrons. The Bertz CT molecular complexity index is 453. The average molecular weight is 285 g/mol. The maximum absolute atomic E-state index is 12.5. The molecule has 2 rings (SSSR count).